The SMILES string of the molecule is CC(C)[C@H](NC(=O)NC1CCCCC1)C(=O)OC(C)(C)C. The molecule has 0 spiro atoms. The van der Waals surface area contributed by atoms with E-state index in [9.17, 15) is 9.59 Å². The van der Waals surface area contributed by atoms with Crippen LogP contribution >= 0.6 is 0 Å². The number of rotatable bonds is 4. The second-order valence-corrected chi connectivity index (χ2v) is 7.21. The molecule has 1 rings (SSSR count). The van der Waals surface area contributed by atoms with Crippen molar-refractivity contribution >= 4 is 12.0 Å². The van der Waals surface area contributed by atoms with Gasteiger partial charge in [0.2, 0.25) is 0 Å². The summed E-state index contributed by atoms with van der Waals surface area (Å²) >= 11 is 0. The quantitative estimate of drug-likeness (QED) is 0.784. The van der Waals surface area contributed by atoms with Gasteiger partial charge in [-0.1, -0.05) is 33.1 Å². The third kappa shape index (κ3) is 6.82. The van der Waals surface area contributed by atoms with Gasteiger partial charge in [-0.2, -0.15) is 0 Å². The number of urea groups is 1. The number of amides is 2. The zero-order chi connectivity index (χ0) is 16.0. The fourth-order valence-corrected chi connectivity index (χ4v) is 2.48. The molecular weight excluding hydrogens is 268 g/mol. The molecule has 0 radical (unpaired) electrons. The summed E-state index contributed by atoms with van der Waals surface area (Å²) in [5.41, 5.74) is -0.550. The maximum Gasteiger partial charge on any atom is 0.329 e. The maximum atomic E-state index is 12.2. The number of hydrogen-bond donors (Lipinski definition) is 2. The molecule has 0 bridgehead atoms. The van der Waals surface area contributed by atoms with Crippen molar-refractivity contribution in [2.75, 3.05) is 0 Å². The minimum atomic E-state index is -0.618. The van der Waals surface area contributed by atoms with Gasteiger partial charge < -0.3 is 15.4 Å². The zero-order valence-electron chi connectivity index (χ0n) is 14.0. The maximum absolute atomic E-state index is 12.2. The van der Waals surface area contributed by atoms with Crippen LogP contribution in [0.1, 0.15) is 66.7 Å². The molecule has 122 valence electrons. The summed E-state index contributed by atoms with van der Waals surface area (Å²) in [6, 6.07) is -0.663. The average molecular weight is 298 g/mol. The number of nitrogens with one attached hydrogen (secondary N) is 2. The molecule has 5 nitrogen and oxygen atoms in total. The molecule has 21 heavy (non-hydrogen) atoms. The van der Waals surface area contributed by atoms with E-state index in [0.29, 0.717) is 0 Å². The van der Waals surface area contributed by atoms with Crippen LogP contribution in [-0.4, -0.2) is 29.7 Å². The van der Waals surface area contributed by atoms with Gasteiger partial charge >= 0.3 is 12.0 Å². The van der Waals surface area contributed by atoms with Gasteiger partial charge in [-0.3, -0.25) is 0 Å². The Hall–Kier alpha value is -1.26. The second-order valence-electron chi connectivity index (χ2n) is 7.21. The highest BCUT2D eigenvalue weighted by atomic mass is 16.6. The molecule has 0 aromatic heterocycles. The molecule has 1 aliphatic rings. The van der Waals surface area contributed by atoms with Crippen molar-refractivity contribution in [3.8, 4) is 0 Å². The highest BCUT2D eigenvalue weighted by Crippen LogP contribution is 2.17. The van der Waals surface area contributed by atoms with Gasteiger partial charge in [-0.25, -0.2) is 9.59 Å². The molecule has 0 unspecified atom stereocenters. The normalized spacial score (nSPS) is 18.2. The van der Waals surface area contributed by atoms with E-state index in [1.165, 1.54) is 6.42 Å². The van der Waals surface area contributed by atoms with Gasteiger partial charge in [0.25, 0.3) is 0 Å². The van der Waals surface area contributed by atoms with E-state index in [4.69, 9.17) is 4.74 Å². The van der Waals surface area contributed by atoms with Crippen LogP contribution in [0.15, 0.2) is 0 Å². The monoisotopic (exact) mass is 298 g/mol. The Morgan fingerprint density at radius 1 is 1.10 bits per heavy atom. The molecular formula is C16H30N2O3. The minimum Gasteiger partial charge on any atom is -0.458 e. The molecule has 2 N–H and O–H groups in total. The van der Waals surface area contributed by atoms with Crippen molar-refractivity contribution in [3.05, 3.63) is 0 Å². The van der Waals surface area contributed by atoms with E-state index >= 15 is 0 Å². The van der Waals surface area contributed by atoms with Crippen LogP contribution in [0.2, 0.25) is 0 Å². The molecule has 1 aliphatic carbocycles. The fourth-order valence-electron chi connectivity index (χ4n) is 2.48. The van der Waals surface area contributed by atoms with Crippen molar-refractivity contribution in [3.63, 3.8) is 0 Å². The summed E-state index contributed by atoms with van der Waals surface area (Å²) in [6.45, 7) is 9.27. The first kappa shape index (κ1) is 17.8. The highest BCUT2D eigenvalue weighted by molar-refractivity contribution is 5.84. The standard InChI is InChI=1S/C16H30N2O3/c1-11(2)13(14(19)21-16(3,4)5)18-15(20)17-12-9-7-6-8-10-12/h11-13H,6-10H2,1-5H3,(H2,17,18,20)/t13-/m0/s1. The third-order valence-electron chi connectivity index (χ3n) is 3.55. The van der Waals surface area contributed by atoms with E-state index < -0.39 is 11.6 Å². The Bertz CT molecular complexity index is 355. The molecule has 2 amide bonds. The van der Waals surface area contributed by atoms with E-state index in [2.05, 4.69) is 10.6 Å². The molecule has 1 atom stereocenters. The minimum absolute atomic E-state index is 0.0167. The van der Waals surface area contributed by atoms with Crippen LogP contribution in [0.4, 0.5) is 4.79 Å². The topological polar surface area (TPSA) is 67.4 Å². The largest absolute Gasteiger partial charge is 0.458 e. The Morgan fingerprint density at radius 2 is 1.67 bits per heavy atom. The van der Waals surface area contributed by atoms with Crippen LogP contribution < -0.4 is 10.6 Å². The van der Waals surface area contributed by atoms with Crippen LogP contribution in [0, 0.1) is 5.92 Å². The molecule has 0 heterocycles. The van der Waals surface area contributed by atoms with E-state index in [1.807, 2.05) is 34.6 Å². The smallest absolute Gasteiger partial charge is 0.329 e. The number of esters is 1. The lowest BCUT2D eigenvalue weighted by Crippen LogP contribution is -2.52. The zero-order valence-corrected chi connectivity index (χ0v) is 14.0. The summed E-state index contributed by atoms with van der Waals surface area (Å²) in [6.07, 6.45) is 5.60. The summed E-state index contributed by atoms with van der Waals surface area (Å²) in [5, 5.41) is 5.73. The Kier molecular flexibility index (Phi) is 6.49. The molecule has 0 aromatic carbocycles. The van der Waals surface area contributed by atoms with Gasteiger partial charge in [-0.15, -0.1) is 0 Å². The highest BCUT2D eigenvalue weighted by Gasteiger charge is 2.29. The van der Waals surface area contributed by atoms with Gasteiger partial charge in [0.1, 0.15) is 11.6 Å². The Labute approximate surface area is 128 Å². The summed E-state index contributed by atoms with van der Waals surface area (Å²) in [4.78, 5) is 24.2. The molecule has 1 fully saturated rings. The second kappa shape index (κ2) is 7.66. The molecule has 0 aliphatic heterocycles. The van der Waals surface area contributed by atoms with Gasteiger partial charge in [0.15, 0.2) is 0 Å². The van der Waals surface area contributed by atoms with Crippen molar-refractivity contribution < 1.29 is 14.3 Å². The molecule has 0 saturated heterocycles. The fraction of sp³-hybridized carbons (Fsp3) is 0.875. The average Bonchev–Trinajstić information content (AvgIpc) is 2.34. The van der Waals surface area contributed by atoms with Gasteiger partial charge in [0, 0.05) is 6.04 Å². The first-order valence-electron chi connectivity index (χ1n) is 7.99. The first-order chi connectivity index (χ1) is 9.69. The number of carbonyl (C=O) groups excluding carboxylic acids is 2. The molecule has 1 saturated carbocycles. The predicted octanol–water partition coefficient (Wildman–Crippen LogP) is 2.98. The van der Waals surface area contributed by atoms with Crippen LogP contribution in [-0.2, 0) is 9.53 Å². The van der Waals surface area contributed by atoms with Crippen molar-refractivity contribution in [1.82, 2.24) is 10.6 Å². The van der Waals surface area contributed by atoms with Crippen molar-refractivity contribution in [1.29, 1.82) is 0 Å². The van der Waals surface area contributed by atoms with E-state index in [0.717, 1.165) is 25.7 Å². The molecule has 5 heteroatoms. The van der Waals surface area contributed by atoms with Crippen LogP contribution in [0.3, 0.4) is 0 Å². The summed E-state index contributed by atoms with van der Waals surface area (Å²) in [5.74, 6) is -0.395. The number of ether oxygens (including phenoxy) is 1. The first-order valence-corrected chi connectivity index (χ1v) is 7.99. The van der Waals surface area contributed by atoms with Gasteiger partial charge in [0.05, 0.1) is 0 Å². The number of carbonyl (C=O) groups is 2. The predicted molar refractivity (Wildman–Crippen MR) is 83.0 cm³/mol. The third-order valence-corrected chi connectivity index (χ3v) is 3.55. The Balaban J connectivity index is 2.52. The van der Waals surface area contributed by atoms with Gasteiger partial charge in [-0.05, 0) is 39.5 Å². The lowest BCUT2D eigenvalue weighted by atomic mass is 9.96. The summed E-state index contributed by atoms with van der Waals surface area (Å²) in [7, 11) is 0. The number of hydrogen-bond acceptors (Lipinski definition) is 3. The van der Waals surface area contributed by atoms with Crippen molar-refractivity contribution in [2.45, 2.75) is 84.4 Å². The van der Waals surface area contributed by atoms with E-state index in [1.54, 1.807) is 0 Å². The lowest BCUT2D eigenvalue weighted by molar-refractivity contribution is -0.158. The van der Waals surface area contributed by atoms with Crippen LogP contribution in [0.25, 0.3) is 0 Å². The van der Waals surface area contributed by atoms with Crippen molar-refractivity contribution in [2.24, 2.45) is 5.92 Å². The Morgan fingerprint density at radius 3 is 2.14 bits per heavy atom. The lowest BCUT2D eigenvalue weighted by Gasteiger charge is -2.28. The van der Waals surface area contributed by atoms with E-state index in [-0.39, 0.29) is 24.0 Å². The molecule has 0 aromatic rings. The summed E-state index contributed by atoms with van der Waals surface area (Å²) < 4.78 is 5.37. The van der Waals surface area contributed by atoms with Crippen LogP contribution in [0.5, 0.6) is 0 Å².